The lowest BCUT2D eigenvalue weighted by molar-refractivity contribution is -0.122. The summed E-state index contributed by atoms with van der Waals surface area (Å²) in [5, 5.41) is 10.6. The van der Waals surface area contributed by atoms with Crippen molar-refractivity contribution in [2.45, 2.75) is 31.8 Å². The van der Waals surface area contributed by atoms with Crippen LogP contribution in [0.25, 0.3) is 0 Å². The number of pyridine rings is 1. The van der Waals surface area contributed by atoms with Crippen LogP contribution in [0, 0.1) is 0 Å². The topological polar surface area (TPSA) is 75.1 Å². The van der Waals surface area contributed by atoms with Crippen LogP contribution in [-0.4, -0.2) is 38.2 Å². The number of amides is 1. The second-order valence-corrected chi connectivity index (χ2v) is 7.44. The van der Waals surface area contributed by atoms with Crippen molar-refractivity contribution in [3.63, 3.8) is 0 Å². The van der Waals surface area contributed by atoms with Crippen LogP contribution in [-0.2, 0) is 18.4 Å². The van der Waals surface area contributed by atoms with E-state index in [2.05, 4.69) is 31.7 Å². The van der Waals surface area contributed by atoms with Gasteiger partial charge in [0.2, 0.25) is 5.91 Å². The Morgan fingerprint density at radius 2 is 2.03 bits per heavy atom. The number of hydrogen-bond donors (Lipinski definition) is 2. The number of aromatic nitrogens is 3. The Balaban J connectivity index is 1.42. The number of carbonyl (C=O) groups is 1. The summed E-state index contributed by atoms with van der Waals surface area (Å²) in [6.45, 7) is 1.67. The van der Waals surface area contributed by atoms with Crippen LogP contribution in [0.15, 0.2) is 61.2 Å². The zero-order valence-electron chi connectivity index (χ0n) is 16.6. The number of likely N-dealkylation sites (tertiary alicyclic amines) is 1. The molecule has 0 spiro atoms. The van der Waals surface area contributed by atoms with Crippen LogP contribution in [0.1, 0.15) is 24.8 Å². The molecule has 1 fully saturated rings. The Labute approximate surface area is 170 Å². The molecule has 1 aromatic carbocycles. The van der Waals surface area contributed by atoms with Crippen molar-refractivity contribution in [3.05, 3.63) is 66.7 Å². The van der Waals surface area contributed by atoms with Gasteiger partial charge in [-0.25, -0.2) is 0 Å². The van der Waals surface area contributed by atoms with Crippen molar-refractivity contribution < 1.29 is 4.79 Å². The summed E-state index contributed by atoms with van der Waals surface area (Å²) in [5.41, 5.74) is 3.74. The smallest absolute Gasteiger partial charge is 0.241 e. The molecule has 7 heteroatoms. The predicted molar refractivity (Wildman–Crippen MR) is 114 cm³/mol. The van der Waals surface area contributed by atoms with Gasteiger partial charge in [0, 0.05) is 43.6 Å². The van der Waals surface area contributed by atoms with E-state index in [1.54, 1.807) is 17.1 Å². The number of hydrogen-bond acceptors (Lipinski definition) is 5. The number of benzene rings is 1. The number of carbonyl (C=O) groups excluding carboxylic acids is 1. The molecule has 0 bridgehead atoms. The Kier molecular flexibility index (Phi) is 5.86. The first kappa shape index (κ1) is 19.1. The van der Waals surface area contributed by atoms with Gasteiger partial charge in [0.05, 0.1) is 17.9 Å². The maximum Gasteiger partial charge on any atom is 0.241 e. The summed E-state index contributed by atoms with van der Waals surface area (Å²) in [6, 6.07) is 11.6. The minimum Gasteiger partial charge on any atom is -0.353 e. The first-order valence-electron chi connectivity index (χ1n) is 9.97. The monoisotopic (exact) mass is 390 g/mol. The number of aryl methyl sites for hydroxylation is 1. The second-order valence-electron chi connectivity index (χ2n) is 7.44. The van der Waals surface area contributed by atoms with Gasteiger partial charge in [-0.3, -0.25) is 19.4 Å². The van der Waals surface area contributed by atoms with Gasteiger partial charge >= 0.3 is 0 Å². The van der Waals surface area contributed by atoms with Gasteiger partial charge in [0.25, 0.3) is 0 Å². The van der Waals surface area contributed by atoms with Crippen LogP contribution in [0.3, 0.4) is 0 Å². The molecule has 29 heavy (non-hydrogen) atoms. The molecule has 3 aromatic rings. The van der Waals surface area contributed by atoms with Crippen LogP contribution in [0.5, 0.6) is 0 Å². The van der Waals surface area contributed by atoms with Crippen LogP contribution in [0.4, 0.5) is 17.1 Å². The Hall–Kier alpha value is -3.19. The van der Waals surface area contributed by atoms with Crippen LogP contribution in [0.2, 0.25) is 0 Å². The van der Waals surface area contributed by atoms with Gasteiger partial charge in [-0.05, 0) is 49.2 Å². The Bertz CT molecular complexity index is 955. The van der Waals surface area contributed by atoms with Crippen LogP contribution >= 0.6 is 0 Å². The van der Waals surface area contributed by atoms with Gasteiger partial charge in [-0.1, -0.05) is 18.6 Å². The first-order chi connectivity index (χ1) is 14.2. The van der Waals surface area contributed by atoms with E-state index in [1.165, 1.54) is 0 Å². The van der Waals surface area contributed by atoms with E-state index in [-0.39, 0.29) is 11.9 Å². The molecular weight excluding hydrogens is 364 g/mol. The fraction of sp³-hybridized carbons (Fsp3) is 0.318. The van der Waals surface area contributed by atoms with Crippen molar-refractivity contribution in [1.82, 2.24) is 19.7 Å². The highest BCUT2D eigenvalue weighted by atomic mass is 16.2. The molecule has 0 radical (unpaired) electrons. The van der Waals surface area contributed by atoms with Gasteiger partial charge < -0.3 is 10.6 Å². The quantitative estimate of drug-likeness (QED) is 0.673. The minimum absolute atomic E-state index is 0.0483. The summed E-state index contributed by atoms with van der Waals surface area (Å²) in [4.78, 5) is 19.5. The first-order valence-corrected chi connectivity index (χ1v) is 9.97. The highest BCUT2D eigenvalue weighted by Gasteiger charge is 2.28. The summed E-state index contributed by atoms with van der Waals surface area (Å²) >= 11 is 0. The van der Waals surface area contributed by atoms with Crippen molar-refractivity contribution in [2.24, 2.45) is 7.05 Å². The molecule has 0 unspecified atom stereocenters. The summed E-state index contributed by atoms with van der Waals surface area (Å²) in [6.07, 6.45) is 10.4. The van der Waals surface area contributed by atoms with E-state index in [9.17, 15) is 4.79 Å². The lowest BCUT2D eigenvalue weighted by Crippen LogP contribution is -2.46. The number of nitrogens with zero attached hydrogens (tertiary/aromatic N) is 4. The zero-order chi connectivity index (χ0) is 20.1. The lowest BCUT2D eigenvalue weighted by atomic mass is 10.0. The minimum atomic E-state index is -0.126. The Morgan fingerprint density at radius 3 is 2.83 bits per heavy atom. The molecule has 1 amide bonds. The van der Waals surface area contributed by atoms with Crippen molar-refractivity contribution in [1.29, 1.82) is 0 Å². The molecule has 2 aromatic heterocycles. The molecule has 1 aliphatic heterocycles. The number of rotatable bonds is 6. The number of anilines is 3. The number of piperidine rings is 1. The highest BCUT2D eigenvalue weighted by molar-refractivity contribution is 5.95. The van der Waals surface area contributed by atoms with E-state index < -0.39 is 0 Å². The third-order valence-corrected chi connectivity index (χ3v) is 5.15. The maximum atomic E-state index is 13.0. The van der Waals surface area contributed by atoms with Crippen molar-refractivity contribution in [3.8, 4) is 0 Å². The van der Waals surface area contributed by atoms with E-state index in [0.717, 1.165) is 55.0 Å². The normalized spacial score (nSPS) is 17.1. The van der Waals surface area contributed by atoms with Gasteiger partial charge in [-0.2, -0.15) is 5.10 Å². The standard InChI is InChI=1S/C22H26N6O/c1-27-16-20(14-24-27)25-18-7-4-8-19(12-18)26-22(29)21-9-2-3-11-28(21)15-17-6-5-10-23-13-17/h4-8,10,12-14,16,21,25H,2-3,9,11,15H2,1H3,(H,26,29)/t21-/m1/s1. The lowest BCUT2D eigenvalue weighted by Gasteiger charge is -2.34. The molecule has 0 aliphatic carbocycles. The molecule has 4 rings (SSSR count). The van der Waals surface area contributed by atoms with Gasteiger partial charge in [0.15, 0.2) is 0 Å². The summed E-state index contributed by atoms with van der Waals surface area (Å²) in [5.74, 6) is 0.0483. The van der Waals surface area contributed by atoms with Gasteiger partial charge in [-0.15, -0.1) is 0 Å². The van der Waals surface area contributed by atoms with Gasteiger partial charge in [0.1, 0.15) is 0 Å². The summed E-state index contributed by atoms with van der Waals surface area (Å²) < 4.78 is 1.74. The van der Waals surface area contributed by atoms with Crippen LogP contribution < -0.4 is 10.6 Å². The molecule has 3 heterocycles. The van der Waals surface area contributed by atoms with E-state index >= 15 is 0 Å². The molecule has 2 N–H and O–H groups in total. The Morgan fingerprint density at radius 1 is 1.14 bits per heavy atom. The third kappa shape index (κ3) is 5.00. The van der Waals surface area contributed by atoms with E-state index in [4.69, 9.17) is 0 Å². The molecule has 150 valence electrons. The predicted octanol–water partition coefficient (Wildman–Crippen LogP) is 3.55. The fourth-order valence-corrected chi connectivity index (χ4v) is 3.76. The molecule has 1 aliphatic rings. The largest absolute Gasteiger partial charge is 0.353 e. The molecule has 0 saturated carbocycles. The average Bonchev–Trinajstić information content (AvgIpc) is 3.14. The van der Waals surface area contributed by atoms with E-state index in [0.29, 0.717) is 0 Å². The van der Waals surface area contributed by atoms with Crippen molar-refractivity contribution >= 4 is 23.0 Å². The molecule has 1 saturated heterocycles. The average molecular weight is 390 g/mol. The maximum absolute atomic E-state index is 13.0. The summed E-state index contributed by atoms with van der Waals surface area (Å²) in [7, 11) is 1.88. The number of nitrogens with one attached hydrogen (secondary N) is 2. The zero-order valence-corrected chi connectivity index (χ0v) is 16.6. The molecule has 7 nitrogen and oxygen atoms in total. The second kappa shape index (κ2) is 8.87. The molecule has 1 atom stereocenters. The molecular formula is C22H26N6O. The highest BCUT2D eigenvalue weighted by Crippen LogP contribution is 2.23. The third-order valence-electron chi connectivity index (χ3n) is 5.15. The SMILES string of the molecule is Cn1cc(Nc2cccc(NC(=O)[C@H]3CCCCN3Cc3cccnc3)c2)cn1. The van der Waals surface area contributed by atoms with Crippen molar-refractivity contribution in [2.75, 3.05) is 17.2 Å². The fourth-order valence-electron chi connectivity index (χ4n) is 3.76. The van der Waals surface area contributed by atoms with E-state index in [1.807, 2.05) is 49.8 Å².